The summed E-state index contributed by atoms with van der Waals surface area (Å²) < 4.78 is 4.80. The second-order valence-corrected chi connectivity index (χ2v) is 4.16. The molecule has 1 N–H and O–H groups in total. The van der Waals surface area contributed by atoms with Crippen LogP contribution in [0.15, 0.2) is 11.5 Å². The summed E-state index contributed by atoms with van der Waals surface area (Å²) in [7, 11) is 0. The summed E-state index contributed by atoms with van der Waals surface area (Å²) in [6.45, 7) is 7.29. The Balaban J connectivity index is 2.99. The van der Waals surface area contributed by atoms with E-state index in [0.29, 0.717) is 5.76 Å². The number of ether oxygens (including phenoxy) is 1. The second-order valence-electron chi connectivity index (χ2n) is 4.16. The molecule has 0 fully saturated rings. The molecule has 12 heavy (non-hydrogen) atoms. The van der Waals surface area contributed by atoms with E-state index in [1.54, 1.807) is 6.92 Å². The SMILES string of the molecule is CC1=C(O)C(C(C)(C)C)C(=O)O1. The molecule has 0 radical (unpaired) electrons. The summed E-state index contributed by atoms with van der Waals surface area (Å²) in [4.78, 5) is 11.2. The van der Waals surface area contributed by atoms with E-state index >= 15 is 0 Å². The van der Waals surface area contributed by atoms with Gasteiger partial charge in [-0.25, -0.2) is 0 Å². The van der Waals surface area contributed by atoms with Gasteiger partial charge < -0.3 is 9.84 Å². The topological polar surface area (TPSA) is 46.5 Å². The number of carbonyl (C=O) groups excluding carboxylic acids is 1. The van der Waals surface area contributed by atoms with Crippen LogP contribution in [0.25, 0.3) is 0 Å². The Bertz CT molecular complexity index is 245. The van der Waals surface area contributed by atoms with E-state index in [0.717, 1.165) is 0 Å². The zero-order valence-electron chi connectivity index (χ0n) is 7.84. The van der Waals surface area contributed by atoms with Crippen molar-refractivity contribution >= 4 is 5.97 Å². The molecule has 1 unspecified atom stereocenters. The van der Waals surface area contributed by atoms with Crippen LogP contribution in [0.1, 0.15) is 27.7 Å². The van der Waals surface area contributed by atoms with E-state index in [1.807, 2.05) is 20.8 Å². The van der Waals surface area contributed by atoms with Crippen LogP contribution in [0, 0.1) is 11.3 Å². The van der Waals surface area contributed by atoms with Crippen molar-refractivity contribution < 1.29 is 14.6 Å². The summed E-state index contributed by atoms with van der Waals surface area (Å²) in [6.07, 6.45) is 0. The Kier molecular flexibility index (Phi) is 1.90. The minimum atomic E-state index is -0.502. The lowest BCUT2D eigenvalue weighted by molar-refractivity contribution is -0.143. The van der Waals surface area contributed by atoms with Gasteiger partial charge in [0.15, 0.2) is 0 Å². The summed E-state index contributed by atoms with van der Waals surface area (Å²) in [6, 6.07) is 0. The molecule has 0 amide bonds. The molecular weight excluding hydrogens is 156 g/mol. The van der Waals surface area contributed by atoms with E-state index in [2.05, 4.69) is 0 Å². The van der Waals surface area contributed by atoms with Crippen molar-refractivity contribution in [2.75, 3.05) is 0 Å². The Morgan fingerprint density at radius 2 is 1.92 bits per heavy atom. The Labute approximate surface area is 72.0 Å². The van der Waals surface area contributed by atoms with Crippen LogP contribution in [0.3, 0.4) is 0 Å². The molecular formula is C9H14O3. The van der Waals surface area contributed by atoms with Gasteiger partial charge in [0.1, 0.15) is 17.4 Å². The number of allylic oxidation sites excluding steroid dienone is 1. The second kappa shape index (κ2) is 2.51. The van der Waals surface area contributed by atoms with Crippen molar-refractivity contribution in [1.29, 1.82) is 0 Å². The van der Waals surface area contributed by atoms with Gasteiger partial charge in [-0.15, -0.1) is 0 Å². The van der Waals surface area contributed by atoms with E-state index in [-0.39, 0.29) is 17.1 Å². The normalized spacial score (nSPS) is 24.7. The first-order valence-corrected chi connectivity index (χ1v) is 3.95. The molecule has 0 aliphatic carbocycles. The molecule has 0 saturated heterocycles. The van der Waals surface area contributed by atoms with Gasteiger partial charge in [-0.2, -0.15) is 0 Å². The number of aliphatic hydroxyl groups is 1. The third-order valence-electron chi connectivity index (χ3n) is 1.99. The third-order valence-corrected chi connectivity index (χ3v) is 1.99. The standard InChI is InChI=1S/C9H14O3/c1-5-7(10)6(8(11)12-5)9(2,3)4/h6,10H,1-4H3. The maximum absolute atomic E-state index is 11.2. The minimum absolute atomic E-state index is 0.0764. The lowest BCUT2D eigenvalue weighted by atomic mass is 9.80. The highest BCUT2D eigenvalue weighted by atomic mass is 16.6. The predicted octanol–water partition coefficient (Wildman–Crippen LogP) is 2.00. The lowest BCUT2D eigenvalue weighted by Gasteiger charge is -2.23. The number of hydrogen-bond donors (Lipinski definition) is 1. The van der Waals surface area contributed by atoms with Gasteiger partial charge in [0.05, 0.1) is 0 Å². The highest BCUT2D eigenvalue weighted by Crippen LogP contribution is 2.37. The number of hydrogen-bond acceptors (Lipinski definition) is 3. The number of carbonyl (C=O) groups is 1. The Morgan fingerprint density at radius 1 is 1.42 bits per heavy atom. The average molecular weight is 170 g/mol. The fraction of sp³-hybridized carbons (Fsp3) is 0.667. The lowest BCUT2D eigenvalue weighted by Crippen LogP contribution is -2.27. The number of cyclic esters (lactones) is 1. The van der Waals surface area contributed by atoms with Crippen LogP contribution in [-0.4, -0.2) is 11.1 Å². The van der Waals surface area contributed by atoms with Crippen molar-refractivity contribution in [1.82, 2.24) is 0 Å². The van der Waals surface area contributed by atoms with Crippen LogP contribution in [0.4, 0.5) is 0 Å². The minimum Gasteiger partial charge on any atom is -0.508 e. The predicted molar refractivity (Wildman–Crippen MR) is 44.4 cm³/mol. The number of esters is 1. The summed E-state index contributed by atoms with van der Waals surface area (Å²) in [5.74, 6) is -0.442. The molecule has 0 aromatic rings. The molecule has 0 aromatic heterocycles. The summed E-state index contributed by atoms with van der Waals surface area (Å²) >= 11 is 0. The van der Waals surface area contributed by atoms with Crippen molar-refractivity contribution in [2.45, 2.75) is 27.7 Å². The van der Waals surface area contributed by atoms with Crippen LogP contribution >= 0.6 is 0 Å². The van der Waals surface area contributed by atoms with Gasteiger partial charge in [-0.3, -0.25) is 4.79 Å². The molecule has 0 bridgehead atoms. The first-order valence-electron chi connectivity index (χ1n) is 3.95. The van der Waals surface area contributed by atoms with E-state index in [9.17, 15) is 9.90 Å². The van der Waals surface area contributed by atoms with Crippen molar-refractivity contribution in [3.63, 3.8) is 0 Å². The van der Waals surface area contributed by atoms with Gasteiger partial charge in [0.2, 0.25) is 0 Å². The third kappa shape index (κ3) is 1.31. The zero-order chi connectivity index (χ0) is 9.52. The molecule has 1 aliphatic rings. The van der Waals surface area contributed by atoms with Crippen LogP contribution in [-0.2, 0) is 9.53 Å². The molecule has 3 nitrogen and oxygen atoms in total. The molecule has 1 heterocycles. The fourth-order valence-electron chi connectivity index (χ4n) is 1.34. The van der Waals surface area contributed by atoms with E-state index < -0.39 is 5.92 Å². The molecule has 1 aliphatic heterocycles. The maximum atomic E-state index is 11.2. The molecule has 68 valence electrons. The van der Waals surface area contributed by atoms with E-state index in [4.69, 9.17) is 4.74 Å². The number of rotatable bonds is 0. The molecule has 1 rings (SSSR count). The maximum Gasteiger partial charge on any atom is 0.322 e. The average Bonchev–Trinajstić information content (AvgIpc) is 2.05. The quantitative estimate of drug-likeness (QED) is 0.565. The van der Waals surface area contributed by atoms with Crippen molar-refractivity contribution in [3.05, 3.63) is 11.5 Å². The van der Waals surface area contributed by atoms with E-state index in [1.165, 1.54) is 0 Å². The summed E-state index contributed by atoms with van der Waals surface area (Å²) in [5, 5.41) is 9.50. The van der Waals surface area contributed by atoms with Crippen LogP contribution in [0.5, 0.6) is 0 Å². The molecule has 0 spiro atoms. The van der Waals surface area contributed by atoms with Crippen molar-refractivity contribution in [2.24, 2.45) is 11.3 Å². The number of aliphatic hydroxyl groups excluding tert-OH is 1. The Hall–Kier alpha value is -0.990. The van der Waals surface area contributed by atoms with Gasteiger partial charge in [-0.1, -0.05) is 20.8 Å². The van der Waals surface area contributed by atoms with Crippen molar-refractivity contribution in [3.8, 4) is 0 Å². The van der Waals surface area contributed by atoms with Gasteiger partial charge >= 0.3 is 5.97 Å². The van der Waals surface area contributed by atoms with Crippen LogP contribution in [0.2, 0.25) is 0 Å². The molecule has 0 aromatic carbocycles. The zero-order valence-corrected chi connectivity index (χ0v) is 7.84. The van der Waals surface area contributed by atoms with Gasteiger partial charge in [0, 0.05) is 0 Å². The first kappa shape index (κ1) is 9.10. The van der Waals surface area contributed by atoms with Gasteiger partial charge in [-0.05, 0) is 12.3 Å². The molecule has 1 atom stereocenters. The molecule has 0 saturated carbocycles. The fourth-order valence-corrected chi connectivity index (χ4v) is 1.34. The monoisotopic (exact) mass is 170 g/mol. The largest absolute Gasteiger partial charge is 0.508 e. The first-order chi connectivity index (χ1) is 5.34. The van der Waals surface area contributed by atoms with Crippen LogP contribution < -0.4 is 0 Å². The molecule has 3 heteroatoms. The smallest absolute Gasteiger partial charge is 0.322 e. The highest BCUT2D eigenvalue weighted by molar-refractivity contribution is 5.80. The van der Waals surface area contributed by atoms with Gasteiger partial charge in [0.25, 0.3) is 0 Å². The Morgan fingerprint density at radius 3 is 2.08 bits per heavy atom. The highest BCUT2D eigenvalue weighted by Gasteiger charge is 2.42. The summed E-state index contributed by atoms with van der Waals surface area (Å²) in [5.41, 5.74) is -0.279.